The third-order valence-corrected chi connectivity index (χ3v) is 6.70. The maximum Gasteiger partial charge on any atom is 0.141 e. The summed E-state index contributed by atoms with van der Waals surface area (Å²) in [5.74, 6) is 0.144. The maximum atomic E-state index is 13.5. The first-order valence-corrected chi connectivity index (χ1v) is 11.8. The normalized spacial score (nSPS) is 15.7. The molecule has 0 unspecified atom stereocenters. The van der Waals surface area contributed by atoms with Crippen molar-refractivity contribution in [2.45, 2.75) is 45.2 Å². The Balaban J connectivity index is 1.39. The van der Waals surface area contributed by atoms with Gasteiger partial charge in [-0.2, -0.15) is 0 Å². The van der Waals surface area contributed by atoms with Crippen molar-refractivity contribution in [2.75, 3.05) is 18.4 Å². The van der Waals surface area contributed by atoms with Crippen molar-refractivity contribution in [3.05, 3.63) is 59.8 Å². The van der Waals surface area contributed by atoms with E-state index in [0.717, 1.165) is 48.1 Å². The highest BCUT2D eigenvalue weighted by atomic mass is 35.5. The van der Waals surface area contributed by atoms with Crippen LogP contribution in [0.25, 0.3) is 22.2 Å². The van der Waals surface area contributed by atoms with Crippen molar-refractivity contribution in [3.63, 3.8) is 0 Å². The minimum absolute atomic E-state index is 0.0500. The van der Waals surface area contributed by atoms with Crippen LogP contribution in [0, 0.1) is 5.82 Å². The summed E-state index contributed by atoms with van der Waals surface area (Å²) in [6.07, 6.45) is 5.63. The van der Waals surface area contributed by atoms with Gasteiger partial charge in [0.2, 0.25) is 0 Å². The summed E-state index contributed by atoms with van der Waals surface area (Å²) in [7, 11) is 0. The van der Waals surface area contributed by atoms with Crippen molar-refractivity contribution < 1.29 is 4.39 Å². The number of piperidine rings is 1. The van der Waals surface area contributed by atoms with Crippen molar-refractivity contribution in [3.8, 4) is 11.3 Å². The number of anilines is 2. The molecule has 1 saturated heterocycles. The molecule has 4 aromatic rings. The van der Waals surface area contributed by atoms with Crippen LogP contribution < -0.4 is 5.32 Å². The smallest absolute Gasteiger partial charge is 0.141 e. The van der Waals surface area contributed by atoms with Crippen LogP contribution in [-0.2, 0) is 0 Å². The number of likely N-dealkylation sites (tertiary alicyclic amines) is 1. The minimum atomic E-state index is -0.464. The molecular formula is C25H27ClFN7. The lowest BCUT2D eigenvalue weighted by Gasteiger charge is -2.40. The third-order valence-electron chi connectivity index (χ3n) is 6.41. The van der Waals surface area contributed by atoms with Gasteiger partial charge in [0, 0.05) is 35.3 Å². The Morgan fingerprint density at radius 2 is 1.85 bits per heavy atom. The first-order chi connectivity index (χ1) is 16.3. The number of nitrogens with one attached hydrogen (secondary N) is 1. The van der Waals surface area contributed by atoms with E-state index in [1.54, 1.807) is 6.07 Å². The van der Waals surface area contributed by atoms with Crippen LogP contribution in [0.3, 0.4) is 0 Å². The van der Waals surface area contributed by atoms with E-state index in [1.807, 2.05) is 29.1 Å². The summed E-state index contributed by atoms with van der Waals surface area (Å²) in [6, 6.07) is 10.8. The molecule has 34 heavy (non-hydrogen) atoms. The Morgan fingerprint density at radius 1 is 1.06 bits per heavy atom. The monoisotopic (exact) mass is 479 g/mol. The molecule has 176 valence electrons. The molecule has 0 radical (unpaired) electrons. The Labute approximate surface area is 203 Å². The van der Waals surface area contributed by atoms with E-state index in [9.17, 15) is 4.39 Å². The zero-order chi connectivity index (χ0) is 23.9. The van der Waals surface area contributed by atoms with Gasteiger partial charge in [-0.3, -0.25) is 4.90 Å². The van der Waals surface area contributed by atoms with Gasteiger partial charge >= 0.3 is 0 Å². The highest BCUT2D eigenvalue weighted by molar-refractivity contribution is 6.31. The van der Waals surface area contributed by atoms with Gasteiger partial charge in [-0.15, -0.1) is 5.10 Å². The largest absolute Gasteiger partial charge is 0.340 e. The molecule has 0 bridgehead atoms. The van der Waals surface area contributed by atoms with Crippen molar-refractivity contribution in [1.29, 1.82) is 0 Å². The third kappa shape index (κ3) is 4.60. The van der Waals surface area contributed by atoms with Crippen LogP contribution in [0.2, 0.25) is 5.02 Å². The number of rotatable bonds is 4. The summed E-state index contributed by atoms with van der Waals surface area (Å²) in [5, 5.41) is 13.0. The number of benzene rings is 2. The second-order valence-corrected chi connectivity index (χ2v) is 10.1. The molecule has 0 spiro atoms. The van der Waals surface area contributed by atoms with Crippen molar-refractivity contribution in [2.24, 2.45) is 0 Å². The van der Waals surface area contributed by atoms with Gasteiger partial charge in [-0.05, 0) is 63.9 Å². The molecule has 0 aliphatic carbocycles. The van der Waals surface area contributed by atoms with E-state index in [4.69, 9.17) is 11.6 Å². The van der Waals surface area contributed by atoms with E-state index in [0.29, 0.717) is 17.5 Å². The highest BCUT2D eigenvalue weighted by Gasteiger charge is 2.28. The standard InChI is InChI=1S/C25H27ClFN7/c1-25(2,3)33-10-8-18(9-11-33)34-14-23(31-32-34)16-4-7-22-19(12-16)24(29-15-28-22)30-17-5-6-21(27)20(26)13-17/h4-7,12-15,18H,8-11H2,1-3H3,(H,28,29,30). The molecule has 0 amide bonds. The number of halogens is 2. The second kappa shape index (κ2) is 8.92. The number of fused-ring (bicyclic) bond motifs is 1. The molecule has 1 aliphatic rings. The topological polar surface area (TPSA) is 71.8 Å². The Morgan fingerprint density at radius 3 is 2.59 bits per heavy atom. The maximum absolute atomic E-state index is 13.5. The van der Waals surface area contributed by atoms with E-state index in [2.05, 4.69) is 51.3 Å². The predicted molar refractivity (Wildman–Crippen MR) is 133 cm³/mol. The van der Waals surface area contributed by atoms with Crippen molar-refractivity contribution in [1.82, 2.24) is 29.9 Å². The summed E-state index contributed by atoms with van der Waals surface area (Å²) in [4.78, 5) is 11.3. The quantitative estimate of drug-likeness (QED) is 0.395. The van der Waals surface area contributed by atoms with Crippen LogP contribution >= 0.6 is 11.6 Å². The Hall–Kier alpha value is -3.10. The molecule has 5 rings (SSSR count). The SMILES string of the molecule is CC(C)(C)N1CCC(n2cc(-c3ccc4ncnc(Nc5ccc(F)c(Cl)c5)c4c3)nn2)CC1. The molecule has 2 aromatic carbocycles. The zero-order valence-electron chi connectivity index (χ0n) is 19.5. The first-order valence-electron chi connectivity index (χ1n) is 11.4. The molecule has 9 heteroatoms. The predicted octanol–water partition coefficient (Wildman–Crippen LogP) is 5.86. The van der Waals surface area contributed by atoms with Crippen LogP contribution in [0.1, 0.15) is 39.7 Å². The van der Waals surface area contributed by atoms with Gasteiger partial charge in [0.05, 0.1) is 22.8 Å². The lowest BCUT2D eigenvalue weighted by atomic mass is 9.98. The minimum Gasteiger partial charge on any atom is -0.340 e. The number of aromatic nitrogens is 5. The Kier molecular flexibility index (Phi) is 5.95. The van der Waals surface area contributed by atoms with E-state index in [-0.39, 0.29) is 10.6 Å². The average molecular weight is 480 g/mol. The molecular weight excluding hydrogens is 453 g/mol. The highest BCUT2D eigenvalue weighted by Crippen LogP contribution is 2.31. The van der Waals surface area contributed by atoms with Crippen LogP contribution in [0.5, 0.6) is 0 Å². The van der Waals surface area contributed by atoms with Crippen LogP contribution in [-0.4, -0.2) is 48.5 Å². The lowest BCUT2D eigenvalue weighted by Crippen LogP contribution is -2.46. The fourth-order valence-electron chi connectivity index (χ4n) is 4.41. The molecule has 1 fully saturated rings. The average Bonchev–Trinajstić information content (AvgIpc) is 3.31. The molecule has 1 N–H and O–H groups in total. The van der Waals surface area contributed by atoms with Crippen molar-refractivity contribution >= 4 is 34.0 Å². The van der Waals surface area contributed by atoms with Crippen LogP contribution in [0.4, 0.5) is 15.9 Å². The fraction of sp³-hybridized carbons (Fsp3) is 0.360. The van der Waals surface area contributed by atoms with E-state index < -0.39 is 5.82 Å². The molecule has 0 saturated carbocycles. The number of hydrogen-bond acceptors (Lipinski definition) is 6. The summed E-state index contributed by atoms with van der Waals surface area (Å²) in [5.41, 5.74) is 3.36. The lowest BCUT2D eigenvalue weighted by molar-refractivity contribution is 0.0866. The van der Waals surface area contributed by atoms with Crippen LogP contribution in [0.15, 0.2) is 48.9 Å². The van der Waals surface area contributed by atoms with Gasteiger partial charge in [-0.25, -0.2) is 19.0 Å². The van der Waals surface area contributed by atoms with Gasteiger partial charge in [-0.1, -0.05) is 22.9 Å². The van der Waals surface area contributed by atoms with Gasteiger partial charge in [0.15, 0.2) is 0 Å². The van der Waals surface area contributed by atoms with Gasteiger partial charge in [0.1, 0.15) is 23.7 Å². The van der Waals surface area contributed by atoms with Gasteiger partial charge in [0.25, 0.3) is 0 Å². The van der Waals surface area contributed by atoms with Gasteiger partial charge < -0.3 is 5.32 Å². The first kappa shape index (κ1) is 22.7. The van der Waals surface area contributed by atoms with E-state index >= 15 is 0 Å². The molecule has 7 nitrogen and oxygen atoms in total. The molecule has 2 aromatic heterocycles. The summed E-state index contributed by atoms with van der Waals surface area (Å²) < 4.78 is 15.5. The molecule has 0 atom stereocenters. The number of hydrogen-bond donors (Lipinski definition) is 1. The summed E-state index contributed by atoms with van der Waals surface area (Å²) >= 11 is 5.93. The zero-order valence-corrected chi connectivity index (χ0v) is 20.2. The number of nitrogens with zero attached hydrogens (tertiary/aromatic N) is 6. The second-order valence-electron chi connectivity index (χ2n) is 9.68. The fourth-order valence-corrected chi connectivity index (χ4v) is 4.60. The molecule has 1 aliphatic heterocycles. The Bertz CT molecular complexity index is 1320. The van der Waals surface area contributed by atoms with E-state index in [1.165, 1.54) is 18.5 Å². The molecule has 3 heterocycles. The summed E-state index contributed by atoms with van der Waals surface area (Å²) in [6.45, 7) is 8.90.